The SMILES string of the molecule is COc1ccc(CCNCc2ccc(F)cc2F)cc1. The van der Waals surface area contributed by atoms with Crippen LogP contribution in [0.25, 0.3) is 0 Å². The smallest absolute Gasteiger partial charge is 0.130 e. The highest BCUT2D eigenvalue weighted by molar-refractivity contribution is 5.27. The number of benzene rings is 2. The molecule has 2 rings (SSSR count). The number of rotatable bonds is 6. The Balaban J connectivity index is 1.78. The van der Waals surface area contributed by atoms with Crippen LogP contribution in [0.15, 0.2) is 42.5 Å². The summed E-state index contributed by atoms with van der Waals surface area (Å²) in [4.78, 5) is 0. The van der Waals surface area contributed by atoms with Gasteiger partial charge in [0.15, 0.2) is 0 Å². The number of hydrogen-bond acceptors (Lipinski definition) is 2. The van der Waals surface area contributed by atoms with E-state index in [1.54, 1.807) is 7.11 Å². The quantitative estimate of drug-likeness (QED) is 0.818. The van der Waals surface area contributed by atoms with Crippen molar-refractivity contribution in [2.75, 3.05) is 13.7 Å². The van der Waals surface area contributed by atoms with Crippen LogP contribution >= 0.6 is 0 Å². The van der Waals surface area contributed by atoms with Gasteiger partial charge in [-0.1, -0.05) is 18.2 Å². The van der Waals surface area contributed by atoms with Crippen LogP contribution in [-0.4, -0.2) is 13.7 Å². The number of halogens is 2. The fourth-order valence-electron chi connectivity index (χ4n) is 1.91. The van der Waals surface area contributed by atoms with Gasteiger partial charge in [0.1, 0.15) is 17.4 Å². The van der Waals surface area contributed by atoms with E-state index >= 15 is 0 Å². The van der Waals surface area contributed by atoms with E-state index in [-0.39, 0.29) is 0 Å². The lowest BCUT2D eigenvalue weighted by Crippen LogP contribution is -2.17. The second-order valence-electron chi connectivity index (χ2n) is 4.51. The molecule has 0 aliphatic rings. The Kier molecular flexibility index (Phi) is 5.07. The van der Waals surface area contributed by atoms with E-state index in [0.29, 0.717) is 12.1 Å². The summed E-state index contributed by atoms with van der Waals surface area (Å²) in [6, 6.07) is 11.5. The van der Waals surface area contributed by atoms with Gasteiger partial charge in [0.25, 0.3) is 0 Å². The molecule has 0 aliphatic heterocycles. The molecule has 2 aromatic carbocycles. The predicted molar refractivity (Wildman–Crippen MR) is 74.8 cm³/mol. The van der Waals surface area contributed by atoms with E-state index in [4.69, 9.17) is 4.74 Å². The van der Waals surface area contributed by atoms with Gasteiger partial charge < -0.3 is 10.1 Å². The molecule has 2 nitrogen and oxygen atoms in total. The molecule has 0 aromatic heterocycles. The van der Waals surface area contributed by atoms with E-state index in [1.807, 2.05) is 24.3 Å². The first-order valence-electron chi connectivity index (χ1n) is 6.46. The third-order valence-electron chi connectivity index (χ3n) is 3.08. The van der Waals surface area contributed by atoms with E-state index in [1.165, 1.54) is 17.7 Å². The van der Waals surface area contributed by atoms with Crippen LogP contribution in [0.4, 0.5) is 8.78 Å². The Morgan fingerprint density at radius 2 is 1.80 bits per heavy atom. The van der Waals surface area contributed by atoms with E-state index in [2.05, 4.69) is 5.32 Å². The Bertz CT molecular complexity index is 555. The standard InChI is InChI=1S/C16H17F2NO/c1-20-15-6-2-12(3-7-15)8-9-19-11-13-4-5-14(17)10-16(13)18/h2-7,10,19H,8-9,11H2,1H3. The summed E-state index contributed by atoms with van der Waals surface area (Å²) in [6.45, 7) is 1.12. The summed E-state index contributed by atoms with van der Waals surface area (Å²) in [6.07, 6.45) is 0.840. The van der Waals surface area contributed by atoms with Crippen LogP contribution < -0.4 is 10.1 Å². The van der Waals surface area contributed by atoms with Gasteiger partial charge in [-0.25, -0.2) is 8.78 Å². The molecule has 0 heterocycles. The number of nitrogens with one attached hydrogen (secondary N) is 1. The van der Waals surface area contributed by atoms with Crippen LogP contribution in [0, 0.1) is 11.6 Å². The molecule has 106 valence electrons. The fraction of sp³-hybridized carbons (Fsp3) is 0.250. The van der Waals surface area contributed by atoms with Gasteiger partial charge in [-0.05, 0) is 36.7 Å². The van der Waals surface area contributed by atoms with Crippen LogP contribution in [0.5, 0.6) is 5.75 Å². The molecule has 0 aliphatic carbocycles. The largest absolute Gasteiger partial charge is 0.497 e. The van der Waals surface area contributed by atoms with Gasteiger partial charge in [0.2, 0.25) is 0 Å². The predicted octanol–water partition coefficient (Wildman–Crippen LogP) is 3.31. The van der Waals surface area contributed by atoms with Gasteiger partial charge in [-0.15, -0.1) is 0 Å². The first-order valence-corrected chi connectivity index (χ1v) is 6.46. The first-order chi connectivity index (χ1) is 9.69. The first kappa shape index (κ1) is 14.5. The minimum absolute atomic E-state index is 0.391. The Labute approximate surface area is 117 Å². The van der Waals surface area contributed by atoms with Crippen molar-refractivity contribution >= 4 is 0 Å². The highest BCUT2D eigenvalue weighted by atomic mass is 19.1. The third kappa shape index (κ3) is 4.03. The van der Waals surface area contributed by atoms with Crippen molar-refractivity contribution in [2.24, 2.45) is 0 Å². The topological polar surface area (TPSA) is 21.3 Å². The zero-order valence-electron chi connectivity index (χ0n) is 11.3. The van der Waals surface area contributed by atoms with Gasteiger partial charge in [-0.2, -0.15) is 0 Å². The molecular formula is C16H17F2NO. The van der Waals surface area contributed by atoms with Crippen LogP contribution in [0.1, 0.15) is 11.1 Å². The second-order valence-corrected chi connectivity index (χ2v) is 4.51. The van der Waals surface area contributed by atoms with Gasteiger partial charge in [-0.3, -0.25) is 0 Å². The van der Waals surface area contributed by atoms with Crippen LogP contribution in [-0.2, 0) is 13.0 Å². The lowest BCUT2D eigenvalue weighted by atomic mass is 10.1. The summed E-state index contributed by atoms with van der Waals surface area (Å²) in [5.74, 6) is -0.235. The number of methoxy groups -OCH3 is 1. The molecular weight excluding hydrogens is 260 g/mol. The molecule has 0 radical (unpaired) electrons. The number of hydrogen-bond donors (Lipinski definition) is 1. The summed E-state index contributed by atoms with van der Waals surface area (Å²) >= 11 is 0. The minimum atomic E-state index is -0.551. The normalized spacial score (nSPS) is 10.6. The maximum atomic E-state index is 13.4. The maximum Gasteiger partial charge on any atom is 0.130 e. The summed E-state index contributed by atoms with van der Waals surface area (Å²) in [5, 5.41) is 3.15. The van der Waals surface area contributed by atoms with Gasteiger partial charge >= 0.3 is 0 Å². The average molecular weight is 277 g/mol. The van der Waals surface area contributed by atoms with Crippen molar-refractivity contribution in [2.45, 2.75) is 13.0 Å². The highest BCUT2D eigenvalue weighted by Gasteiger charge is 2.03. The molecule has 0 saturated carbocycles. The lowest BCUT2D eigenvalue weighted by Gasteiger charge is -2.07. The van der Waals surface area contributed by atoms with E-state index in [9.17, 15) is 8.78 Å². The lowest BCUT2D eigenvalue weighted by molar-refractivity contribution is 0.414. The Morgan fingerprint density at radius 3 is 2.45 bits per heavy atom. The van der Waals surface area contributed by atoms with Crippen molar-refractivity contribution in [1.82, 2.24) is 5.32 Å². The number of ether oxygens (including phenoxy) is 1. The molecule has 0 atom stereocenters. The molecule has 20 heavy (non-hydrogen) atoms. The van der Waals surface area contributed by atoms with Crippen molar-refractivity contribution < 1.29 is 13.5 Å². The molecule has 0 bridgehead atoms. The molecule has 0 amide bonds. The molecule has 1 N–H and O–H groups in total. The highest BCUT2D eigenvalue weighted by Crippen LogP contribution is 2.12. The van der Waals surface area contributed by atoms with Crippen molar-refractivity contribution in [1.29, 1.82) is 0 Å². The molecule has 0 spiro atoms. The van der Waals surface area contributed by atoms with Gasteiger partial charge in [0.05, 0.1) is 7.11 Å². The van der Waals surface area contributed by atoms with Crippen molar-refractivity contribution in [3.8, 4) is 5.75 Å². The summed E-state index contributed by atoms with van der Waals surface area (Å²) in [7, 11) is 1.63. The van der Waals surface area contributed by atoms with Crippen molar-refractivity contribution in [3.63, 3.8) is 0 Å². The summed E-state index contributed by atoms with van der Waals surface area (Å²) < 4.78 is 31.2. The second kappa shape index (κ2) is 7.01. The maximum absolute atomic E-state index is 13.4. The Morgan fingerprint density at radius 1 is 1.05 bits per heavy atom. The van der Waals surface area contributed by atoms with Gasteiger partial charge in [0, 0.05) is 18.2 Å². The van der Waals surface area contributed by atoms with Crippen LogP contribution in [0.3, 0.4) is 0 Å². The third-order valence-corrected chi connectivity index (χ3v) is 3.08. The van der Waals surface area contributed by atoms with E-state index < -0.39 is 11.6 Å². The molecule has 0 saturated heterocycles. The zero-order valence-corrected chi connectivity index (χ0v) is 11.3. The van der Waals surface area contributed by atoms with Crippen molar-refractivity contribution in [3.05, 3.63) is 65.2 Å². The van der Waals surface area contributed by atoms with Crippen LogP contribution in [0.2, 0.25) is 0 Å². The van der Waals surface area contributed by atoms with E-state index in [0.717, 1.165) is 24.8 Å². The molecule has 4 heteroatoms. The average Bonchev–Trinajstić information content (AvgIpc) is 2.46. The zero-order chi connectivity index (χ0) is 14.4. The Hall–Kier alpha value is -1.94. The molecule has 0 unspecified atom stereocenters. The molecule has 2 aromatic rings. The summed E-state index contributed by atoms with van der Waals surface area (Å²) in [5.41, 5.74) is 1.65. The fourth-order valence-corrected chi connectivity index (χ4v) is 1.91. The molecule has 0 fully saturated rings. The monoisotopic (exact) mass is 277 g/mol. The minimum Gasteiger partial charge on any atom is -0.497 e.